The van der Waals surface area contributed by atoms with E-state index in [0.29, 0.717) is 5.69 Å². The third kappa shape index (κ3) is 2.14. The topological polar surface area (TPSA) is 52.5 Å². The molecule has 2 rings (SSSR count). The Bertz CT molecular complexity index is 609. The van der Waals surface area contributed by atoms with Crippen LogP contribution in [0.2, 0.25) is 0 Å². The summed E-state index contributed by atoms with van der Waals surface area (Å²) in [5, 5.41) is 9.01. The smallest absolute Gasteiger partial charge is 0.166 e. The molecule has 3 heteroatoms. The molecule has 0 bridgehead atoms. The van der Waals surface area contributed by atoms with Gasteiger partial charge in [0.05, 0.1) is 12.0 Å². The lowest BCUT2D eigenvalue weighted by atomic mass is 9.85. The Morgan fingerprint density at radius 3 is 2.56 bits per heavy atom. The largest absolute Gasteiger partial charge is 0.343 e. The van der Waals surface area contributed by atoms with Crippen molar-refractivity contribution in [1.29, 1.82) is 5.26 Å². The van der Waals surface area contributed by atoms with Crippen molar-refractivity contribution in [3.63, 3.8) is 0 Å². The van der Waals surface area contributed by atoms with E-state index in [0.717, 1.165) is 16.8 Å². The zero-order chi connectivity index (χ0) is 13.3. The number of nitrogens with one attached hydrogen (secondary N) is 1. The molecule has 0 fully saturated rings. The summed E-state index contributed by atoms with van der Waals surface area (Å²) in [5.74, 6) is 0. The number of rotatable bonds is 1. The van der Waals surface area contributed by atoms with E-state index >= 15 is 0 Å². The first kappa shape index (κ1) is 12.4. The van der Waals surface area contributed by atoms with Gasteiger partial charge in [-0.05, 0) is 23.5 Å². The first-order chi connectivity index (χ1) is 8.43. The Balaban J connectivity index is 2.53. The molecule has 1 N–H and O–H groups in total. The molecule has 1 heterocycles. The molecule has 1 aromatic heterocycles. The second-order valence-electron chi connectivity index (χ2n) is 5.52. The molecule has 1 aromatic carbocycles. The van der Waals surface area contributed by atoms with Gasteiger partial charge < -0.3 is 4.98 Å². The minimum atomic E-state index is 0.134. The number of hydrogen-bond donors (Lipinski definition) is 1. The van der Waals surface area contributed by atoms with Gasteiger partial charge in [-0.15, -0.1) is 0 Å². The van der Waals surface area contributed by atoms with Crippen molar-refractivity contribution < 1.29 is 0 Å². The van der Waals surface area contributed by atoms with Crippen molar-refractivity contribution in [2.24, 2.45) is 0 Å². The fourth-order valence-electron chi connectivity index (χ4n) is 2.00. The van der Waals surface area contributed by atoms with Gasteiger partial charge in [-0.3, -0.25) is 0 Å². The van der Waals surface area contributed by atoms with E-state index in [1.54, 1.807) is 6.33 Å². The van der Waals surface area contributed by atoms with Gasteiger partial charge in [0, 0.05) is 5.56 Å². The third-order valence-electron chi connectivity index (χ3n) is 3.11. The minimum Gasteiger partial charge on any atom is -0.343 e. The van der Waals surface area contributed by atoms with Crippen LogP contribution in [-0.2, 0) is 5.41 Å². The maximum Gasteiger partial charge on any atom is 0.166 e. The normalized spacial score (nSPS) is 11.3. The van der Waals surface area contributed by atoms with Crippen LogP contribution in [0, 0.1) is 18.3 Å². The number of H-pyrrole nitrogens is 1. The molecular weight excluding hydrogens is 222 g/mol. The maximum atomic E-state index is 9.01. The summed E-state index contributed by atoms with van der Waals surface area (Å²) >= 11 is 0. The average molecular weight is 239 g/mol. The van der Waals surface area contributed by atoms with Crippen LogP contribution in [0.4, 0.5) is 0 Å². The Kier molecular flexibility index (Phi) is 2.96. The molecule has 0 amide bonds. The van der Waals surface area contributed by atoms with Crippen molar-refractivity contribution in [2.45, 2.75) is 33.1 Å². The fourth-order valence-corrected chi connectivity index (χ4v) is 2.00. The standard InChI is InChI=1S/C15H17N3/c1-10-7-11(15(2,3)4)5-6-12(10)14-13(8-16)17-9-18-14/h5-7,9H,1-4H3,(H,17,18). The molecule has 0 spiro atoms. The van der Waals surface area contributed by atoms with Crippen LogP contribution < -0.4 is 0 Å². The van der Waals surface area contributed by atoms with Crippen molar-refractivity contribution >= 4 is 0 Å². The molecule has 0 aliphatic carbocycles. The van der Waals surface area contributed by atoms with Gasteiger partial charge >= 0.3 is 0 Å². The van der Waals surface area contributed by atoms with E-state index in [1.165, 1.54) is 5.56 Å². The van der Waals surface area contributed by atoms with Crippen LogP contribution >= 0.6 is 0 Å². The van der Waals surface area contributed by atoms with Gasteiger partial charge in [0.1, 0.15) is 6.07 Å². The third-order valence-corrected chi connectivity index (χ3v) is 3.11. The van der Waals surface area contributed by atoms with Crippen molar-refractivity contribution in [1.82, 2.24) is 9.97 Å². The summed E-state index contributed by atoms with van der Waals surface area (Å²) in [7, 11) is 0. The van der Waals surface area contributed by atoms with Crippen LogP contribution in [0.3, 0.4) is 0 Å². The van der Waals surface area contributed by atoms with Gasteiger partial charge in [-0.25, -0.2) is 4.98 Å². The van der Waals surface area contributed by atoms with E-state index in [2.05, 4.69) is 61.9 Å². The van der Waals surface area contributed by atoms with Gasteiger partial charge in [0.15, 0.2) is 5.69 Å². The molecule has 2 aromatic rings. The second-order valence-corrected chi connectivity index (χ2v) is 5.52. The van der Waals surface area contributed by atoms with Crippen LogP contribution in [0.15, 0.2) is 24.5 Å². The van der Waals surface area contributed by atoms with E-state index in [1.807, 2.05) is 0 Å². The summed E-state index contributed by atoms with van der Waals surface area (Å²) in [6, 6.07) is 8.46. The highest BCUT2D eigenvalue weighted by Gasteiger charge is 2.16. The van der Waals surface area contributed by atoms with Crippen molar-refractivity contribution in [2.75, 3.05) is 0 Å². The molecule has 18 heavy (non-hydrogen) atoms. The molecule has 0 saturated heterocycles. The highest BCUT2D eigenvalue weighted by Crippen LogP contribution is 2.29. The highest BCUT2D eigenvalue weighted by atomic mass is 14.9. The molecule has 0 aliphatic rings. The number of nitrogens with zero attached hydrogens (tertiary/aromatic N) is 2. The first-order valence-corrected chi connectivity index (χ1v) is 5.98. The number of nitriles is 1. The highest BCUT2D eigenvalue weighted by molar-refractivity contribution is 5.68. The average Bonchev–Trinajstić information content (AvgIpc) is 2.75. The van der Waals surface area contributed by atoms with E-state index in [-0.39, 0.29) is 5.41 Å². The van der Waals surface area contributed by atoms with E-state index in [4.69, 9.17) is 5.26 Å². The summed E-state index contributed by atoms with van der Waals surface area (Å²) in [4.78, 5) is 7.05. The lowest BCUT2D eigenvalue weighted by Crippen LogP contribution is -2.11. The van der Waals surface area contributed by atoms with Gasteiger partial charge in [0.2, 0.25) is 0 Å². The second kappa shape index (κ2) is 4.30. The van der Waals surface area contributed by atoms with Crippen LogP contribution in [-0.4, -0.2) is 9.97 Å². The number of hydrogen-bond acceptors (Lipinski definition) is 2. The number of benzene rings is 1. The lowest BCUT2D eigenvalue weighted by Gasteiger charge is -2.20. The SMILES string of the molecule is Cc1cc(C(C)(C)C)ccc1-c1[nH]cnc1C#N. The Hall–Kier alpha value is -2.08. The number of imidazole rings is 1. The molecule has 0 aliphatic heterocycles. The summed E-state index contributed by atoms with van der Waals surface area (Å²) in [6.45, 7) is 8.64. The van der Waals surface area contributed by atoms with Crippen LogP contribution in [0.25, 0.3) is 11.3 Å². The van der Waals surface area contributed by atoms with E-state index < -0.39 is 0 Å². The molecule has 92 valence electrons. The number of aryl methyl sites for hydroxylation is 1. The van der Waals surface area contributed by atoms with E-state index in [9.17, 15) is 0 Å². The monoisotopic (exact) mass is 239 g/mol. The molecule has 0 saturated carbocycles. The minimum absolute atomic E-state index is 0.134. The molecule has 0 unspecified atom stereocenters. The summed E-state index contributed by atoms with van der Waals surface area (Å²) in [6.07, 6.45) is 1.56. The van der Waals surface area contributed by atoms with Gasteiger partial charge in [-0.2, -0.15) is 5.26 Å². The van der Waals surface area contributed by atoms with Crippen LogP contribution in [0.1, 0.15) is 37.6 Å². The number of aromatic nitrogens is 2. The Labute approximate surface area is 107 Å². The predicted molar refractivity (Wildman–Crippen MR) is 72.2 cm³/mol. The summed E-state index contributed by atoms with van der Waals surface area (Å²) < 4.78 is 0. The van der Waals surface area contributed by atoms with Gasteiger partial charge in [-0.1, -0.05) is 39.0 Å². The Morgan fingerprint density at radius 2 is 2.00 bits per heavy atom. The fraction of sp³-hybridized carbons (Fsp3) is 0.333. The van der Waals surface area contributed by atoms with Crippen molar-refractivity contribution in [3.05, 3.63) is 41.3 Å². The quantitative estimate of drug-likeness (QED) is 0.827. The first-order valence-electron chi connectivity index (χ1n) is 5.98. The maximum absolute atomic E-state index is 9.01. The zero-order valence-electron chi connectivity index (χ0n) is 11.2. The number of aromatic amines is 1. The Morgan fingerprint density at radius 1 is 1.28 bits per heavy atom. The lowest BCUT2D eigenvalue weighted by molar-refractivity contribution is 0.590. The molecular formula is C15H17N3. The molecule has 0 radical (unpaired) electrons. The predicted octanol–water partition coefficient (Wildman–Crippen LogP) is 3.55. The van der Waals surface area contributed by atoms with Crippen LogP contribution in [0.5, 0.6) is 0 Å². The van der Waals surface area contributed by atoms with Crippen molar-refractivity contribution in [3.8, 4) is 17.3 Å². The van der Waals surface area contributed by atoms with Gasteiger partial charge in [0.25, 0.3) is 0 Å². The molecule has 3 nitrogen and oxygen atoms in total. The summed E-state index contributed by atoms with van der Waals surface area (Å²) in [5.41, 5.74) is 4.87. The zero-order valence-corrected chi connectivity index (χ0v) is 11.2. The molecule has 0 atom stereocenters.